The summed E-state index contributed by atoms with van der Waals surface area (Å²) in [5.74, 6) is 1.23. The van der Waals surface area contributed by atoms with Crippen LogP contribution < -0.4 is 5.73 Å². The van der Waals surface area contributed by atoms with Crippen molar-refractivity contribution < 1.29 is 9.90 Å². The van der Waals surface area contributed by atoms with Crippen molar-refractivity contribution in [3.05, 3.63) is 29.8 Å². The second-order valence-corrected chi connectivity index (χ2v) is 5.32. The lowest BCUT2D eigenvalue weighted by Crippen LogP contribution is -2.20. The van der Waals surface area contributed by atoms with Gasteiger partial charge in [-0.2, -0.15) is 0 Å². The van der Waals surface area contributed by atoms with Gasteiger partial charge in [0, 0.05) is 12.8 Å². The predicted octanol–water partition coefficient (Wildman–Crippen LogP) is 2.51. The molecule has 0 amide bonds. The fourth-order valence-corrected chi connectivity index (χ4v) is 2.22. The maximum Gasteiger partial charge on any atom is 0.137 e. The number of Topliss-reactive ketones (excluding diaryl/α,β-unsaturated/α-hetero) is 1. The second-order valence-electron chi connectivity index (χ2n) is 5.32. The minimum Gasteiger partial charge on any atom is -0.508 e. The fraction of sp³-hybridized carbons (Fsp3) is 0.533. The van der Waals surface area contributed by atoms with Crippen LogP contribution in [0.3, 0.4) is 0 Å². The van der Waals surface area contributed by atoms with Gasteiger partial charge in [-0.05, 0) is 42.5 Å². The van der Waals surface area contributed by atoms with Gasteiger partial charge in [-0.15, -0.1) is 0 Å². The molecule has 0 aromatic heterocycles. The topological polar surface area (TPSA) is 63.3 Å². The zero-order chi connectivity index (χ0) is 13.5. The van der Waals surface area contributed by atoms with Crippen LogP contribution in [-0.4, -0.2) is 17.4 Å². The molecule has 0 saturated carbocycles. The molecular weight excluding hydrogens is 226 g/mol. The van der Waals surface area contributed by atoms with Gasteiger partial charge in [-0.3, -0.25) is 4.79 Å². The standard InChI is InChI=1S/C15H23NO2/c1-11(2)6-13(10-16)9-15(18)8-12-4-3-5-14(17)7-12/h3-5,7,11,13,17H,6,8-10,16H2,1-2H3. The van der Waals surface area contributed by atoms with Gasteiger partial charge in [-0.1, -0.05) is 26.0 Å². The Hall–Kier alpha value is -1.35. The number of ketones is 1. The van der Waals surface area contributed by atoms with Gasteiger partial charge in [0.15, 0.2) is 0 Å². The van der Waals surface area contributed by atoms with Gasteiger partial charge in [0.1, 0.15) is 11.5 Å². The average molecular weight is 249 g/mol. The van der Waals surface area contributed by atoms with Crippen LogP contribution in [0.2, 0.25) is 0 Å². The number of hydrogen-bond donors (Lipinski definition) is 2. The van der Waals surface area contributed by atoms with Gasteiger partial charge in [0.05, 0.1) is 0 Å². The van der Waals surface area contributed by atoms with Crippen molar-refractivity contribution >= 4 is 5.78 Å². The van der Waals surface area contributed by atoms with Crippen LogP contribution in [-0.2, 0) is 11.2 Å². The van der Waals surface area contributed by atoms with Crippen molar-refractivity contribution in [2.75, 3.05) is 6.54 Å². The molecule has 0 aliphatic heterocycles. The molecule has 1 atom stereocenters. The van der Waals surface area contributed by atoms with Crippen molar-refractivity contribution in [2.45, 2.75) is 33.1 Å². The van der Waals surface area contributed by atoms with E-state index >= 15 is 0 Å². The van der Waals surface area contributed by atoms with Gasteiger partial charge >= 0.3 is 0 Å². The van der Waals surface area contributed by atoms with E-state index in [1.165, 1.54) is 0 Å². The van der Waals surface area contributed by atoms with Crippen LogP contribution >= 0.6 is 0 Å². The molecule has 0 bridgehead atoms. The molecule has 1 aromatic carbocycles. The van der Waals surface area contributed by atoms with Gasteiger partial charge in [0.2, 0.25) is 0 Å². The summed E-state index contributed by atoms with van der Waals surface area (Å²) in [5.41, 5.74) is 6.56. The van der Waals surface area contributed by atoms with Crippen LogP contribution in [0, 0.1) is 11.8 Å². The summed E-state index contributed by atoms with van der Waals surface area (Å²) in [6, 6.07) is 6.86. The molecule has 0 aliphatic rings. The van der Waals surface area contributed by atoms with E-state index in [2.05, 4.69) is 13.8 Å². The van der Waals surface area contributed by atoms with Crippen LogP contribution in [0.5, 0.6) is 5.75 Å². The van der Waals surface area contributed by atoms with Crippen LogP contribution in [0.1, 0.15) is 32.3 Å². The number of benzene rings is 1. The molecule has 0 aliphatic carbocycles. The minimum absolute atomic E-state index is 0.191. The number of carbonyl (C=O) groups excluding carboxylic acids is 1. The molecule has 0 heterocycles. The maximum atomic E-state index is 11.9. The highest BCUT2D eigenvalue weighted by atomic mass is 16.3. The maximum absolute atomic E-state index is 11.9. The first-order valence-corrected chi connectivity index (χ1v) is 6.51. The Labute approximate surface area is 109 Å². The summed E-state index contributed by atoms with van der Waals surface area (Å²) >= 11 is 0. The third-order valence-corrected chi connectivity index (χ3v) is 2.97. The zero-order valence-electron chi connectivity index (χ0n) is 11.2. The lowest BCUT2D eigenvalue weighted by atomic mass is 9.91. The first kappa shape index (κ1) is 14.7. The summed E-state index contributed by atoms with van der Waals surface area (Å²) in [6.45, 7) is 4.84. The van der Waals surface area contributed by atoms with E-state index in [0.29, 0.717) is 25.3 Å². The quantitative estimate of drug-likeness (QED) is 0.780. The summed E-state index contributed by atoms with van der Waals surface area (Å²) < 4.78 is 0. The van der Waals surface area contributed by atoms with Crippen molar-refractivity contribution in [1.82, 2.24) is 0 Å². The van der Waals surface area contributed by atoms with Crippen LogP contribution in [0.4, 0.5) is 0 Å². The minimum atomic E-state index is 0.191. The number of nitrogens with two attached hydrogens (primary N) is 1. The van der Waals surface area contributed by atoms with E-state index in [4.69, 9.17) is 5.73 Å². The second kappa shape index (κ2) is 7.17. The van der Waals surface area contributed by atoms with Crippen molar-refractivity contribution in [3.63, 3.8) is 0 Å². The highest BCUT2D eigenvalue weighted by molar-refractivity contribution is 5.81. The zero-order valence-corrected chi connectivity index (χ0v) is 11.2. The molecule has 3 N–H and O–H groups in total. The Balaban J connectivity index is 2.50. The van der Waals surface area contributed by atoms with Gasteiger partial charge in [-0.25, -0.2) is 0 Å². The number of phenolic OH excluding ortho intramolecular Hbond substituents is 1. The van der Waals surface area contributed by atoms with E-state index < -0.39 is 0 Å². The van der Waals surface area contributed by atoms with E-state index in [9.17, 15) is 9.90 Å². The van der Waals surface area contributed by atoms with Gasteiger partial charge < -0.3 is 10.8 Å². The largest absolute Gasteiger partial charge is 0.508 e. The highest BCUT2D eigenvalue weighted by Gasteiger charge is 2.14. The van der Waals surface area contributed by atoms with Crippen molar-refractivity contribution in [3.8, 4) is 5.75 Å². The average Bonchev–Trinajstić information content (AvgIpc) is 2.27. The van der Waals surface area contributed by atoms with Gasteiger partial charge in [0.25, 0.3) is 0 Å². The molecule has 1 rings (SSSR count). The molecule has 3 heteroatoms. The number of rotatable bonds is 7. The Bertz CT molecular complexity index is 388. The van der Waals surface area contributed by atoms with Crippen LogP contribution in [0.25, 0.3) is 0 Å². The summed E-state index contributed by atoms with van der Waals surface area (Å²) in [4.78, 5) is 11.9. The van der Waals surface area contributed by atoms with Crippen molar-refractivity contribution in [1.29, 1.82) is 0 Å². The Morgan fingerprint density at radius 1 is 1.39 bits per heavy atom. The monoisotopic (exact) mass is 249 g/mol. The lowest BCUT2D eigenvalue weighted by Gasteiger charge is -2.16. The highest BCUT2D eigenvalue weighted by Crippen LogP contribution is 2.17. The molecule has 3 nitrogen and oxygen atoms in total. The molecule has 1 aromatic rings. The Morgan fingerprint density at radius 2 is 2.11 bits per heavy atom. The number of phenols is 1. The molecule has 1 unspecified atom stereocenters. The summed E-state index contributed by atoms with van der Waals surface area (Å²) in [6.07, 6.45) is 1.90. The number of carbonyl (C=O) groups is 1. The van der Waals surface area contributed by atoms with Crippen LogP contribution in [0.15, 0.2) is 24.3 Å². The van der Waals surface area contributed by atoms with E-state index in [0.717, 1.165) is 12.0 Å². The Kier molecular flexibility index (Phi) is 5.86. The molecule has 100 valence electrons. The fourth-order valence-electron chi connectivity index (χ4n) is 2.22. The lowest BCUT2D eigenvalue weighted by molar-refractivity contribution is -0.119. The molecule has 18 heavy (non-hydrogen) atoms. The first-order chi connectivity index (χ1) is 8.51. The number of hydrogen-bond acceptors (Lipinski definition) is 3. The molecule has 0 radical (unpaired) electrons. The summed E-state index contributed by atoms with van der Waals surface area (Å²) in [5, 5.41) is 9.34. The molecule has 0 saturated heterocycles. The number of aromatic hydroxyl groups is 1. The Morgan fingerprint density at radius 3 is 2.67 bits per heavy atom. The van der Waals surface area contributed by atoms with E-state index in [1.54, 1.807) is 18.2 Å². The van der Waals surface area contributed by atoms with E-state index in [1.807, 2.05) is 6.07 Å². The molecule has 0 fully saturated rings. The normalized spacial score (nSPS) is 12.7. The molecular formula is C15H23NO2. The SMILES string of the molecule is CC(C)CC(CN)CC(=O)Cc1cccc(O)c1. The summed E-state index contributed by atoms with van der Waals surface area (Å²) in [7, 11) is 0. The van der Waals surface area contributed by atoms with E-state index in [-0.39, 0.29) is 17.5 Å². The third kappa shape index (κ3) is 5.32. The first-order valence-electron chi connectivity index (χ1n) is 6.51. The predicted molar refractivity (Wildman–Crippen MR) is 73.4 cm³/mol. The molecule has 0 spiro atoms. The van der Waals surface area contributed by atoms with Crippen molar-refractivity contribution in [2.24, 2.45) is 17.6 Å². The third-order valence-electron chi connectivity index (χ3n) is 2.97. The smallest absolute Gasteiger partial charge is 0.137 e.